The first-order chi connectivity index (χ1) is 12.0. The molecule has 0 atom stereocenters. The van der Waals surface area contributed by atoms with Gasteiger partial charge in [0.1, 0.15) is 6.61 Å². The van der Waals surface area contributed by atoms with Crippen molar-refractivity contribution < 1.29 is 9.53 Å². The molecule has 0 unspecified atom stereocenters. The first-order valence-electron chi connectivity index (χ1n) is 8.27. The number of H-pyrrole nitrogens is 1. The number of carbonyl (C=O) groups excluding carboxylic acids is 1. The van der Waals surface area contributed by atoms with Crippen molar-refractivity contribution in [3.05, 3.63) is 59.3 Å². The summed E-state index contributed by atoms with van der Waals surface area (Å²) >= 11 is 0. The molecule has 0 aliphatic heterocycles. The maximum Gasteiger partial charge on any atom is 0.306 e. The van der Waals surface area contributed by atoms with Gasteiger partial charge in [-0.25, -0.2) is 4.98 Å². The van der Waals surface area contributed by atoms with Crippen LogP contribution in [0.25, 0.3) is 11.3 Å². The Labute approximate surface area is 146 Å². The van der Waals surface area contributed by atoms with E-state index < -0.39 is 0 Å². The fourth-order valence-electron chi connectivity index (χ4n) is 2.84. The van der Waals surface area contributed by atoms with Crippen molar-refractivity contribution in [1.82, 2.24) is 19.7 Å². The van der Waals surface area contributed by atoms with Gasteiger partial charge in [-0.05, 0) is 37.0 Å². The molecule has 0 saturated carbocycles. The molecule has 0 bridgehead atoms. The highest BCUT2D eigenvalue weighted by Gasteiger charge is 2.12. The molecule has 3 aromatic rings. The Morgan fingerprint density at radius 2 is 2.00 bits per heavy atom. The van der Waals surface area contributed by atoms with Crippen molar-refractivity contribution >= 4 is 5.97 Å². The average molecular weight is 338 g/mol. The molecule has 1 aromatic carbocycles. The topological polar surface area (TPSA) is 72.8 Å². The summed E-state index contributed by atoms with van der Waals surface area (Å²) in [6.45, 7) is 4.27. The summed E-state index contributed by atoms with van der Waals surface area (Å²) in [4.78, 5) is 19.1. The summed E-state index contributed by atoms with van der Waals surface area (Å²) in [5, 5.41) is 4.37. The lowest BCUT2D eigenvalue weighted by Crippen LogP contribution is -2.06. The number of carbonyl (C=O) groups is 1. The zero-order chi connectivity index (χ0) is 17.8. The number of hydrogen-bond donors (Lipinski definition) is 1. The predicted octanol–water partition coefficient (Wildman–Crippen LogP) is 3.10. The van der Waals surface area contributed by atoms with Crippen LogP contribution in [-0.4, -0.2) is 25.7 Å². The molecule has 6 heteroatoms. The van der Waals surface area contributed by atoms with E-state index in [4.69, 9.17) is 4.74 Å². The molecule has 1 N–H and O–H groups in total. The molecule has 0 aliphatic carbocycles. The maximum atomic E-state index is 12.0. The number of ether oxygens (including phenoxy) is 1. The molecule has 0 fully saturated rings. The highest BCUT2D eigenvalue weighted by molar-refractivity contribution is 5.70. The Kier molecular flexibility index (Phi) is 4.97. The molecule has 0 amide bonds. The van der Waals surface area contributed by atoms with E-state index in [1.54, 1.807) is 12.5 Å². The van der Waals surface area contributed by atoms with Gasteiger partial charge >= 0.3 is 5.97 Å². The number of imidazole rings is 1. The van der Waals surface area contributed by atoms with Gasteiger partial charge in [0, 0.05) is 19.2 Å². The Hall–Kier alpha value is -2.89. The predicted molar refractivity (Wildman–Crippen MR) is 94.8 cm³/mol. The van der Waals surface area contributed by atoms with E-state index >= 15 is 0 Å². The molecule has 25 heavy (non-hydrogen) atoms. The van der Waals surface area contributed by atoms with E-state index in [2.05, 4.69) is 15.1 Å². The van der Waals surface area contributed by atoms with Crippen LogP contribution in [0.2, 0.25) is 0 Å². The Bertz CT molecular complexity index is 848. The zero-order valence-corrected chi connectivity index (χ0v) is 14.7. The number of rotatable bonds is 6. The van der Waals surface area contributed by atoms with Crippen molar-refractivity contribution in [3.63, 3.8) is 0 Å². The van der Waals surface area contributed by atoms with Gasteiger partial charge in [0.25, 0.3) is 0 Å². The fourth-order valence-corrected chi connectivity index (χ4v) is 2.84. The number of esters is 1. The third-order valence-electron chi connectivity index (χ3n) is 4.40. The summed E-state index contributed by atoms with van der Waals surface area (Å²) in [5.74, 6) is -0.194. The number of aromatic amines is 1. The maximum absolute atomic E-state index is 12.0. The third-order valence-corrected chi connectivity index (χ3v) is 4.40. The Morgan fingerprint density at radius 1 is 1.24 bits per heavy atom. The van der Waals surface area contributed by atoms with Crippen LogP contribution in [-0.2, 0) is 29.6 Å². The van der Waals surface area contributed by atoms with Crippen LogP contribution in [0.15, 0.2) is 36.8 Å². The van der Waals surface area contributed by atoms with Crippen molar-refractivity contribution in [2.24, 2.45) is 7.05 Å². The quantitative estimate of drug-likeness (QED) is 0.701. The molecular formula is C19H22N4O2. The monoisotopic (exact) mass is 338 g/mol. The van der Waals surface area contributed by atoms with E-state index in [1.807, 2.05) is 49.8 Å². The smallest absolute Gasteiger partial charge is 0.306 e. The van der Waals surface area contributed by atoms with E-state index in [9.17, 15) is 4.79 Å². The second-order valence-corrected chi connectivity index (χ2v) is 6.10. The van der Waals surface area contributed by atoms with Gasteiger partial charge in [0.05, 0.1) is 23.9 Å². The normalized spacial score (nSPS) is 10.8. The first-order valence-corrected chi connectivity index (χ1v) is 8.27. The molecule has 130 valence electrons. The van der Waals surface area contributed by atoms with E-state index in [0.29, 0.717) is 12.8 Å². The minimum absolute atomic E-state index is 0.194. The Morgan fingerprint density at radius 3 is 2.60 bits per heavy atom. The van der Waals surface area contributed by atoms with Gasteiger partial charge < -0.3 is 9.72 Å². The van der Waals surface area contributed by atoms with Crippen LogP contribution >= 0.6 is 0 Å². The molecule has 0 radical (unpaired) electrons. The van der Waals surface area contributed by atoms with Crippen molar-refractivity contribution in [3.8, 4) is 11.3 Å². The lowest BCUT2D eigenvalue weighted by atomic mass is 10.1. The first kappa shape index (κ1) is 17.0. The van der Waals surface area contributed by atoms with Crippen LogP contribution in [0, 0.1) is 13.8 Å². The molecule has 2 aromatic heterocycles. The van der Waals surface area contributed by atoms with E-state index in [-0.39, 0.29) is 12.6 Å². The second-order valence-electron chi connectivity index (χ2n) is 6.10. The molecule has 0 saturated heterocycles. The molecule has 0 aliphatic rings. The number of aromatic nitrogens is 4. The highest BCUT2D eigenvalue weighted by atomic mass is 16.5. The number of nitrogens with zero attached hydrogens (tertiary/aromatic N) is 3. The lowest BCUT2D eigenvalue weighted by molar-refractivity contribution is -0.144. The number of benzene rings is 1. The van der Waals surface area contributed by atoms with Crippen molar-refractivity contribution in [2.75, 3.05) is 0 Å². The summed E-state index contributed by atoms with van der Waals surface area (Å²) in [6, 6.07) is 7.88. The molecule has 0 spiro atoms. The molecule has 3 rings (SSSR count). The van der Waals surface area contributed by atoms with Crippen LogP contribution in [0.3, 0.4) is 0 Å². The van der Waals surface area contributed by atoms with Crippen LogP contribution < -0.4 is 0 Å². The minimum Gasteiger partial charge on any atom is -0.461 e. The number of aryl methyl sites for hydroxylation is 2. The van der Waals surface area contributed by atoms with Crippen LogP contribution in [0.5, 0.6) is 0 Å². The van der Waals surface area contributed by atoms with Crippen molar-refractivity contribution in [2.45, 2.75) is 33.3 Å². The van der Waals surface area contributed by atoms with Gasteiger partial charge in [-0.3, -0.25) is 9.48 Å². The van der Waals surface area contributed by atoms with E-state index in [0.717, 1.165) is 33.8 Å². The molecule has 2 heterocycles. The number of hydrogen-bond acceptors (Lipinski definition) is 4. The molecule has 6 nitrogen and oxygen atoms in total. The summed E-state index contributed by atoms with van der Waals surface area (Å²) in [5.41, 5.74) is 6.18. The number of nitrogens with one attached hydrogen (secondary N) is 1. The van der Waals surface area contributed by atoms with E-state index in [1.165, 1.54) is 0 Å². The zero-order valence-electron chi connectivity index (χ0n) is 14.7. The minimum atomic E-state index is -0.194. The van der Waals surface area contributed by atoms with Gasteiger partial charge in [0.2, 0.25) is 0 Å². The van der Waals surface area contributed by atoms with Gasteiger partial charge in [-0.2, -0.15) is 5.10 Å². The van der Waals surface area contributed by atoms with Gasteiger partial charge in [0.15, 0.2) is 0 Å². The highest BCUT2D eigenvalue weighted by Crippen LogP contribution is 2.17. The SMILES string of the molecule is Cc1nn(C)c(C)c1CCC(=O)OCc1ccc(-c2cnc[nH]2)cc1. The summed E-state index contributed by atoms with van der Waals surface area (Å²) in [7, 11) is 1.91. The second kappa shape index (κ2) is 7.34. The van der Waals surface area contributed by atoms with Gasteiger partial charge in [-0.1, -0.05) is 24.3 Å². The van der Waals surface area contributed by atoms with Crippen molar-refractivity contribution in [1.29, 1.82) is 0 Å². The third kappa shape index (κ3) is 3.96. The lowest BCUT2D eigenvalue weighted by Gasteiger charge is -2.06. The summed E-state index contributed by atoms with van der Waals surface area (Å²) < 4.78 is 7.23. The summed E-state index contributed by atoms with van der Waals surface area (Å²) in [6.07, 6.45) is 4.44. The molecular weight excluding hydrogens is 316 g/mol. The average Bonchev–Trinajstić information content (AvgIpc) is 3.22. The van der Waals surface area contributed by atoms with Crippen LogP contribution in [0.4, 0.5) is 0 Å². The van der Waals surface area contributed by atoms with Gasteiger partial charge in [-0.15, -0.1) is 0 Å². The Balaban J connectivity index is 1.50. The largest absolute Gasteiger partial charge is 0.461 e. The van der Waals surface area contributed by atoms with Crippen LogP contribution in [0.1, 0.15) is 28.9 Å². The fraction of sp³-hybridized carbons (Fsp3) is 0.316. The standard InChI is InChI=1S/C19H22N4O2/c1-13-17(14(2)23(3)22-13)8-9-19(24)25-11-15-4-6-16(7-5-15)18-10-20-12-21-18/h4-7,10,12H,8-9,11H2,1-3H3,(H,20,21).